The van der Waals surface area contributed by atoms with Crippen LogP contribution in [0.1, 0.15) is 27.2 Å². The van der Waals surface area contributed by atoms with Gasteiger partial charge in [-0.15, -0.1) is 0 Å². The predicted molar refractivity (Wildman–Crippen MR) is 152 cm³/mol. The zero-order valence-corrected chi connectivity index (χ0v) is 23.5. The molecule has 0 bridgehead atoms. The third-order valence-corrected chi connectivity index (χ3v) is 7.18. The number of halogens is 3. The highest BCUT2D eigenvalue weighted by atomic mass is 31.2. The quantitative estimate of drug-likeness (QED) is 0.194. The molecule has 3 heterocycles. The van der Waals surface area contributed by atoms with Gasteiger partial charge < -0.3 is 19.7 Å². The van der Waals surface area contributed by atoms with Crippen molar-refractivity contribution < 1.29 is 32.3 Å². The Hall–Kier alpha value is -4.91. The lowest BCUT2D eigenvalue weighted by molar-refractivity contribution is -0.137. The molecule has 0 aliphatic rings. The first kappa shape index (κ1) is 29.6. The van der Waals surface area contributed by atoms with E-state index in [2.05, 4.69) is 25.3 Å². The highest BCUT2D eigenvalue weighted by Crippen LogP contribution is 2.49. The van der Waals surface area contributed by atoms with Crippen LogP contribution in [0.2, 0.25) is 0 Å². The Kier molecular flexibility index (Phi) is 7.84. The first-order valence-electron chi connectivity index (χ1n) is 12.5. The lowest BCUT2D eigenvalue weighted by atomic mass is 10.1. The van der Waals surface area contributed by atoms with E-state index in [1.54, 1.807) is 38.2 Å². The molecule has 5 rings (SSSR count). The number of hydrogen-bond acceptors (Lipinski definition) is 6. The van der Waals surface area contributed by atoms with Crippen LogP contribution in [-0.4, -0.2) is 40.2 Å². The van der Waals surface area contributed by atoms with Crippen LogP contribution in [0.3, 0.4) is 0 Å². The number of pyridine rings is 1. The fraction of sp³-hybridized carbons (Fsp3) is 0.107. The SMILES string of the molecule is Cc1cn(-c2cc(NC(=O)c3ccc(C)c(N(c4nccc(-c5cccnc5)n4)P(=O)(O)O)c3)cc(C(F)(F)F)c2)cn1. The van der Waals surface area contributed by atoms with Gasteiger partial charge in [-0.1, -0.05) is 6.07 Å². The molecule has 43 heavy (non-hydrogen) atoms. The summed E-state index contributed by atoms with van der Waals surface area (Å²) in [4.78, 5) is 50.3. The van der Waals surface area contributed by atoms with Crippen molar-refractivity contribution in [1.82, 2.24) is 24.5 Å². The van der Waals surface area contributed by atoms with E-state index in [1.807, 2.05) is 0 Å². The number of hydrogen-bond donors (Lipinski definition) is 3. The van der Waals surface area contributed by atoms with Gasteiger partial charge in [-0.25, -0.2) is 24.2 Å². The zero-order valence-electron chi connectivity index (χ0n) is 22.6. The summed E-state index contributed by atoms with van der Waals surface area (Å²) in [6.45, 7) is 3.25. The molecule has 11 nitrogen and oxygen atoms in total. The second-order valence-electron chi connectivity index (χ2n) is 9.45. The number of imidazole rings is 1. The number of carbonyl (C=O) groups excluding carboxylic acids is 1. The molecule has 0 unspecified atom stereocenters. The van der Waals surface area contributed by atoms with Crippen molar-refractivity contribution >= 4 is 31.0 Å². The summed E-state index contributed by atoms with van der Waals surface area (Å²) in [6.07, 6.45) is 2.60. The molecular weight excluding hydrogens is 586 g/mol. The summed E-state index contributed by atoms with van der Waals surface area (Å²) in [7, 11) is -5.11. The van der Waals surface area contributed by atoms with Crippen LogP contribution < -0.4 is 9.99 Å². The van der Waals surface area contributed by atoms with E-state index in [9.17, 15) is 32.3 Å². The Morgan fingerprint density at radius 2 is 1.81 bits per heavy atom. The third kappa shape index (κ3) is 6.61. The maximum Gasteiger partial charge on any atom is 0.437 e. The van der Waals surface area contributed by atoms with Crippen LogP contribution in [0, 0.1) is 13.8 Å². The molecule has 0 radical (unpaired) electrons. The van der Waals surface area contributed by atoms with E-state index < -0.39 is 25.4 Å². The summed E-state index contributed by atoms with van der Waals surface area (Å²) in [5.74, 6) is -1.16. The van der Waals surface area contributed by atoms with Crippen molar-refractivity contribution in [3.63, 3.8) is 0 Å². The van der Waals surface area contributed by atoms with E-state index in [0.29, 0.717) is 27.2 Å². The van der Waals surface area contributed by atoms with Crippen LogP contribution in [0.15, 0.2) is 85.7 Å². The molecule has 2 aromatic carbocycles. The molecular formula is C28H23F3N7O4P. The van der Waals surface area contributed by atoms with Crippen molar-refractivity contribution in [2.24, 2.45) is 0 Å². The van der Waals surface area contributed by atoms with Crippen molar-refractivity contribution in [3.8, 4) is 16.9 Å². The molecule has 0 aliphatic heterocycles. The lowest BCUT2D eigenvalue weighted by Gasteiger charge is -2.25. The molecule has 3 N–H and O–H groups in total. The molecule has 0 fully saturated rings. The monoisotopic (exact) mass is 609 g/mol. The standard InChI is InChI=1S/C28H23F3N7O4P/c1-17-5-6-19(26(39)35-22-11-21(28(29,30)31)12-23(13-22)37-15-18(2)34-16-37)10-25(17)38(43(40,41)42)27-33-9-7-24(36-27)20-4-3-8-32-14-20/h3-16H,1-2H3,(H,35,39)(H2,40,41,42). The number of carbonyl (C=O) groups is 1. The maximum atomic E-state index is 13.7. The molecule has 5 aromatic rings. The number of nitrogens with zero attached hydrogens (tertiary/aromatic N) is 6. The number of benzene rings is 2. The molecule has 0 aliphatic carbocycles. The van der Waals surface area contributed by atoms with Crippen LogP contribution in [-0.2, 0) is 10.7 Å². The van der Waals surface area contributed by atoms with E-state index >= 15 is 0 Å². The van der Waals surface area contributed by atoms with Crippen LogP contribution in [0.5, 0.6) is 0 Å². The lowest BCUT2D eigenvalue weighted by Crippen LogP contribution is -2.19. The molecule has 0 spiro atoms. The number of alkyl halides is 3. The Balaban J connectivity index is 1.52. The van der Waals surface area contributed by atoms with Crippen LogP contribution in [0.25, 0.3) is 16.9 Å². The van der Waals surface area contributed by atoms with E-state index in [0.717, 1.165) is 12.1 Å². The average molecular weight is 610 g/mol. The zero-order chi connectivity index (χ0) is 30.9. The van der Waals surface area contributed by atoms with Gasteiger partial charge in [0.2, 0.25) is 5.95 Å². The van der Waals surface area contributed by atoms with Gasteiger partial charge in [0.15, 0.2) is 0 Å². The van der Waals surface area contributed by atoms with Gasteiger partial charge in [-0.2, -0.15) is 13.2 Å². The normalized spacial score (nSPS) is 11.8. The summed E-state index contributed by atoms with van der Waals surface area (Å²) < 4.78 is 55.8. The van der Waals surface area contributed by atoms with E-state index in [-0.39, 0.29) is 28.6 Å². The second-order valence-corrected chi connectivity index (χ2v) is 10.9. The predicted octanol–water partition coefficient (Wildman–Crippen LogP) is 5.84. The molecule has 15 heteroatoms. The van der Waals surface area contributed by atoms with Gasteiger partial charge >= 0.3 is 13.9 Å². The minimum Gasteiger partial charge on any atom is -0.322 e. The number of amides is 1. The maximum absolute atomic E-state index is 13.7. The fourth-order valence-electron chi connectivity index (χ4n) is 4.23. The Morgan fingerprint density at radius 3 is 2.47 bits per heavy atom. The highest BCUT2D eigenvalue weighted by molar-refractivity contribution is 7.54. The number of rotatable bonds is 7. The number of anilines is 3. The topological polar surface area (TPSA) is 146 Å². The van der Waals surface area contributed by atoms with Gasteiger partial charge in [-0.3, -0.25) is 9.78 Å². The summed E-state index contributed by atoms with van der Waals surface area (Å²) >= 11 is 0. The Labute approximate surface area is 242 Å². The Bertz CT molecular complexity index is 1860. The first-order valence-corrected chi connectivity index (χ1v) is 14.1. The molecule has 0 saturated carbocycles. The van der Waals surface area contributed by atoms with E-state index in [4.69, 9.17) is 0 Å². The largest absolute Gasteiger partial charge is 0.437 e. The minimum atomic E-state index is -5.11. The van der Waals surface area contributed by atoms with Gasteiger partial charge in [0, 0.05) is 47.3 Å². The molecule has 220 valence electrons. The van der Waals surface area contributed by atoms with Crippen molar-refractivity contribution in [2.45, 2.75) is 20.0 Å². The molecule has 0 saturated heterocycles. The summed E-state index contributed by atoms with van der Waals surface area (Å²) in [6, 6.07) is 12.0. The van der Waals surface area contributed by atoms with Crippen molar-refractivity contribution in [1.29, 1.82) is 0 Å². The number of nitrogens with one attached hydrogen (secondary N) is 1. The average Bonchev–Trinajstić information content (AvgIpc) is 3.40. The smallest absolute Gasteiger partial charge is 0.322 e. The highest BCUT2D eigenvalue weighted by Gasteiger charge is 2.33. The van der Waals surface area contributed by atoms with Gasteiger partial charge in [0.25, 0.3) is 5.91 Å². The van der Waals surface area contributed by atoms with Crippen LogP contribution in [0.4, 0.5) is 30.5 Å². The molecule has 1 amide bonds. The molecule has 3 aromatic heterocycles. The number of aryl methyl sites for hydroxylation is 2. The van der Waals surface area contributed by atoms with Crippen LogP contribution >= 0.6 is 7.75 Å². The number of aromatic nitrogens is 5. The molecule has 0 atom stereocenters. The van der Waals surface area contributed by atoms with Crippen molar-refractivity contribution in [3.05, 3.63) is 108 Å². The summed E-state index contributed by atoms with van der Waals surface area (Å²) in [5.41, 5.74) is 0.685. The minimum absolute atomic E-state index is 0.0806. The van der Waals surface area contributed by atoms with Gasteiger partial charge in [-0.05, 0) is 67.9 Å². The van der Waals surface area contributed by atoms with E-state index in [1.165, 1.54) is 53.8 Å². The third-order valence-electron chi connectivity index (χ3n) is 6.26. The van der Waals surface area contributed by atoms with Gasteiger partial charge in [0.05, 0.1) is 29.0 Å². The summed E-state index contributed by atoms with van der Waals surface area (Å²) in [5, 5.41) is 2.46. The first-order chi connectivity index (χ1) is 20.3. The Morgan fingerprint density at radius 1 is 1.02 bits per heavy atom. The van der Waals surface area contributed by atoms with Crippen molar-refractivity contribution in [2.75, 3.05) is 9.99 Å². The van der Waals surface area contributed by atoms with Gasteiger partial charge in [0.1, 0.15) is 0 Å². The fourth-order valence-corrected chi connectivity index (χ4v) is 5.06. The second kappa shape index (κ2) is 11.4.